The van der Waals surface area contributed by atoms with Crippen LogP contribution >= 0.6 is 0 Å². The molecule has 0 saturated heterocycles. The van der Waals surface area contributed by atoms with Gasteiger partial charge in [-0.3, -0.25) is 10.1 Å². The van der Waals surface area contributed by atoms with Gasteiger partial charge in [0.05, 0.1) is 11.5 Å². The van der Waals surface area contributed by atoms with Crippen molar-refractivity contribution in [3.05, 3.63) is 51.1 Å². The van der Waals surface area contributed by atoms with E-state index in [2.05, 4.69) is 13.8 Å². The van der Waals surface area contributed by atoms with Crippen LogP contribution in [0.15, 0.2) is 24.3 Å². The van der Waals surface area contributed by atoms with Crippen molar-refractivity contribution in [2.24, 2.45) is 0 Å². The van der Waals surface area contributed by atoms with Gasteiger partial charge in [0.15, 0.2) is 0 Å². The molecule has 0 aliphatic carbocycles. The van der Waals surface area contributed by atoms with Crippen LogP contribution in [0.4, 0.5) is 5.69 Å². The number of allylic oxidation sites excluding steroid dienone is 1. The predicted octanol–water partition coefficient (Wildman–Crippen LogP) is 5.01. The van der Waals surface area contributed by atoms with E-state index in [1.54, 1.807) is 19.2 Å². The molecule has 4 nitrogen and oxygen atoms in total. The number of nitro benzene ring substituents is 1. The summed E-state index contributed by atoms with van der Waals surface area (Å²) in [6.45, 7) is 8.57. The first-order valence-corrected chi connectivity index (χ1v) is 7.08. The molecule has 0 atom stereocenters. The summed E-state index contributed by atoms with van der Waals surface area (Å²) < 4.78 is 4.92. The van der Waals surface area contributed by atoms with Crippen molar-refractivity contribution in [2.45, 2.75) is 34.1 Å². The lowest BCUT2D eigenvalue weighted by atomic mass is 10.0. The lowest BCUT2D eigenvalue weighted by molar-refractivity contribution is -0.384. The molecule has 0 amide bonds. The number of benzene rings is 1. The number of methoxy groups -OCH3 is 1. The lowest BCUT2D eigenvalue weighted by Crippen LogP contribution is -1.94. The largest absolute Gasteiger partial charge is 0.381 e. The highest BCUT2D eigenvalue weighted by Crippen LogP contribution is 2.24. The van der Waals surface area contributed by atoms with Crippen LogP contribution in [0.3, 0.4) is 0 Å². The third-order valence-electron chi connectivity index (χ3n) is 2.59. The van der Waals surface area contributed by atoms with Crippen molar-refractivity contribution in [3.63, 3.8) is 0 Å². The summed E-state index contributed by atoms with van der Waals surface area (Å²) in [6.07, 6.45) is 8.68. The molecule has 1 aromatic carbocycles. The molecule has 0 saturated carbocycles. The van der Waals surface area contributed by atoms with E-state index in [4.69, 9.17) is 4.74 Å². The monoisotopic (exact) mass is 291 g/mol. The molecule has 1 aromatic rings. The Balaban J connectivity index is 0.00000122. The molecule has 0 aliphatic heterocycles. The zero-order valence-electron chi connectivity index (χ0n) is 13.6. The molecular formula is C17H25NO3. The number of nitrogens with zero attached hydrogens (tertiary/aromatic N) is 1. The quantitative estimate of drug-likeness (QED) is 0.566. The zero-order chi connectivity index (χ0) is 16.3. The van der Waals surface area contributed by atoms with Gasteiger partial charge in [0.25, 0.3) is 5.69 Å². The van der Waals surface area contributed by atoms with E-state index in [-0.39, 0.29) is 10.6 Å². The Hall–Kier alpha value is -1.94. The second-order valence-corrected chi connectivity index (χ2v) is 4.57. The van der Waals surface area contributed by atoms with Crippen LogP contribution in [0.1, 0.15) is 43.9 Å². The van der Waals surface area contributed by atoms with Crippen LogP contribution < -0.4 is 0 Å². The molecule has 0 N–H and O–H groups in total. The van der Waals surface area contributed by atoms with Crippen LogP contribution in [-0.4, -0.2) is 18.6 Å². The van der Waals surface area contributed by atoms with E-state index in [0.717, 1.165) is 16.7 Å². The van der Waals surface area contributed by atoms with Gasteiger partial charge in [0, 0.05) is 19.2 Å². The van der Waals surface area contributed by atoms with E-state index in [9.17, 15) is 10.1 Å². The summed E-state index contributed by atoms with van der Waals surface area (Å²) in [4.78, 5) is 10.5. The van der Waals surface area contributed by atoms with Gasteiger partial charge in [-0.2, -0.15) is 0 Å². The molecule has 4 heteroatoms. The summed E-state index contributed by atoms with van der Waals surface area (Å²) in [6, 6.07) is 3.16. The number of ether oxygens (including phenoxy) is 1. The number of nitro groups is 1. The standard InChI is InChI=1S/C14H17NO3.C3H8/c1-4-6-12-9-14(15(16)17)10-13(11(12)2)7-5-8-18-3;1-3-2/h4-7,9-10H,8H2,1-3H3;3H2,1-2H3/b6-4-,7-5+;. The Morgan fingerprint density at radius 2 is 1.76 bits per heavy atom. The van der Waals surface area contributed by atoms with E-state index in [1.807, 2.05) is 38.2 Å². The minimum absolute atomic E-state index is 0.103. The fraction of sp³-hybridized carbons (Fsp3) is 0.412. The first-order chi connectivity index (χ1) is 10.0. The van der Waals surface area contributed by atoms with E-state index in [0.29, 0.717) is 6.61 Å². The maximum atomic E-state index is 10.9. The second kappa shape index (κ2) is 10.8. The third-order valence-corrected chi connectivity index (χ3v) is 2.59. The number of hydrogen-bond donors (Lipinski definition) is 0. The highest BCUT2D eigenvalue weighted by molar-refractivity contribution is 5.67. The van der Waals surface area contributed by atoms with Crippen molar-refractivity contribution in [1.29, 1.82) is 0 Å². The first kappa shape index (κ1) is 19.1. The molecular weight excluding hydrogens is 266 g/mol. The van der Waals surface area contributed by atoms with Crippen molar-refractivity contribution in [2.75, 3.05) is 13.7 Å². The Bertz CT molecular complexity index is 505. The van der Waals surface area contributed by atoms with Crippen LogP contribution in [0, 0.1) is 17.0 Å². The maximum Gasteiger partial charge on any atom is 0.270 e. The van der Waals surface area contributed by atoms with Gasteiger partial charge in [-0.15, -0.1) is 0 Å². The third kappa shape index (κ3) is 6.86. The zero-order valence-corrected chi connectivity index (χ0v) is 13.6. The van der Waals surface area contributed by atoms with Gasteiger partial charge in [-0.25, -0.2) is 0 Å². The fourth-order valence-corrected chi connectivity index (χ4v) is 1.65. The smallest absolute Gasteiger partial charge is 0.270 e. The lowest BCUT2D eigenvalue weighted by Gasteiger charge is -2.05. The SMILES string of the molecule is C/C=C\c1cc([N+](=O)[O-])cc(/C=C/COC)c1C.CCC. The minimum atomic E-state index is -0.375. The Morgan fingerprint density at radius 1 is 1.24 bits per heavy atom. The molecule has 0 radical (unpaired) electrons. The van der Waals surface area contributed by atoms with Gasteiger partial charge in [0.2, 0.25) is 0 Å². The van der Waals surface area contributed by atoms with Crippen LogP contribution in [-0.2, 0) is 4.74 Å². The first-order valence-electron chi connectivity index (χ1n) is 7.08. The maximum absolute atomic E-state index is 10.9. The van der Waals surface area contributed by atoms with Gasteiger partial charge in [-0.1, -0.05) is 44.6 Å². The predicted molar refractivity (Wildman–Crippen MR) is 89.4 cm³/mol. The molecule has 116 valence electrons. The molecule has 0 spiro atoms. The summed E-state index contributed by atoms with van der Waals surface area (Å²) in [5.41, 5.74) is 2.83. The highest BCUT2D eigenvalue weighted by Gasteiger charge is 2.10. The van der Waals surface area contributed by atoms with Crippen LogP contribution in [0.5, 0.6) is 0 Å². The molecule has 0 aliphatic rings. The minimum Gasteiger partial charge on any atom is -0.381 e. The number of non-ortho nitro benzene ring substituents is 1. The van der Waals surface area contributed by atoms with Gasteiger partial charge in [-0.05, 0) is 30.5 Å². The van der Waals surface area contributed by atoms with Crippen LogP contribution in [0.2, 0.25) is 0 Å². The summed E-state index contributed by atoms with van der Waals surface area (Å²) in [5, 5.41) is 10.9. The van der Waals surface area contributed by atoms with Crippen molar-refractivity contribution < 1.29 is 9.66 Å². The summed E-state index contributed by atoms with van der Waals surface area (Å²) >= 11 is 0. The second-order valence-electron chi connectivity index (χ2n) is 4.57. The number of rotatable bonds is 5. The molecule has 0 aromatic heterocycles. The normalized spacial score (nSPS) is 10.7. The van der Waals surface area contributed by atoms with Gasteiger partial charge < -0.3 is 4.74 Å². The highest BCUT2D eigenvalue weighted by atomic mass is 16.6. The molecule has 0 heterocycles. The van der Waals surface area contributed by atoms with Crippen molar-refractivity contribution in [3.8, 4) is 0 Å². The van der Waals surface area contributed by atoms with E-state index in [1.165, 1.54) is 6.42 Å². The summed E-state index contributed by atoms with van der Waals surface area (Å²) in [5.74, 6) is 0. The van der Waals surface area contributed by atoms with E-state index >= 15 is 0 Å². The molecule has 21 heavy (non-hydrogen) atoms. The Morgan fingerprint density at radius 3 is 2.19 bits per heavy atom. The van der Waals surface area contributed by atoms with Gasteiger partial charge >= 0.3 is 0 Å². The average molecular weight is 291 g/mol. The van der Waals surface area contributed by atoms with Crippen molar-refractivity contribution in [1.82, 2.24) is 0 Å². The Kier molecular flexibility index (Phi) is 9.80. The van der Waals surface area contributed by atoms with E-state index < -0.39 is 0 Å². The topological polar surface area (TPSA) is 52.4 Å². The summed E-state index contributed by atoms with van der Waals surface area (Å²) in [7, 11) is 1.61. The molecule has 0 unspecified atom stereocenters. The Labute approximate surface area is 127 Å². The number of hydrogen-bond acceptors (Lipinski definition) is 3. The van der Waals surface area contributed by atoms with Crippen LogP contribution in [0.25, 0.3) is 12.2 Å². The molecule has 0 bridgehead atoms. The fourth-order valence-electron chi connectivity index (χ4n) is 1.65. The van der Waals surface area contributed by atoms with Crippen molar-refractivity contribution >= 4 is 17.8 Å². The molecule has 0 fully saturated rings. The van der Waals surface area contributed by atoms with Gasteiger partial charge in [0.1, 0.15) is 0 Å². The average Bonchev–Trinajstić information content (AvgIpc) is 2.43. The molecule has 1 rings (SSSR count).